The van der Waals surface area contributed by atoms with E-state index in [1.807, 2.05) is 36.4 Å². The molecule has 0 aliphatic carbocycles. The van der Waals surface area contributed by atoms with Gasteiger partial charge in [-0.05, 0) is 97.5 Å². The van der Waals surface area contributed by atoms with E-state index in [1.165, 1.54) is 62.3 Å². The lowest BCUT2D eigenvalue weighted by Gasteiger charge is -2.15. The van der Waals surface area contributed by atoms with Crippen LogP contribution in [0, 0.1) is 0 Å². The number of unbranched alkanes of at least 4 members (excludes halogenated alkanes) is 5. The van der Waals surface area contributed by atoms with Crippen LogP contribution >= 0.6 is 11.8 Å². The normalized spacial score (nSPS) is 11.9. The Morgan fingerprint density at radius 1 is 0.743 bits per heavy atom. The maximum Gasteiger partial charge on any atom is 0.224 e. The van der Waals surface area contributed by atoms with Crippen LogP contribution in [0.25, 0.3) is 11.1 Å². The summed E-state index contributed by atoms with van der Waals surface area (Å²) in [5, 5.41) is 0.0759. The fourth-order valence-electron chi connectivity index (χ4n) is 4.14. The van der Waals surface area contributed by atoms with E-state index in [4.69, 9.17) is 4.74 Å². The van der Waals surface area contributed by atoms with Crippen LogP contribution in [0.2, 0.25) is 0 Å². The van der Waals surface area contributed by atoms with Crippen molar-refractivity contribution in [3.63, 3.8) is 0 Å². The van der Waals surface area contributed by atoms with Gasteiger partial charge in [0.1, 0.15) is 5.75 Å². The summed E-state index contributed by atoms with van der Waals surface area (Å²) < 4.78 is 6.08. The van der Waals surface area contributed by atoms with Crippen molar-refractivity contribution in [1.82, 2.24) is 0 Å². The van der Waals surface area contributed by atoms with Crippen LogP contribution in [0.15, 0.2) is 77.7 Å². The minimum Gasteiger partial charge on any atom is -0.491 e. The monoisotopic (exact) mass is 488 g/mol. The number of hydrogen-bond donors (Lipinski definition) is 0. The van der Waals surface area contributed by atoms with Gasteiger partial charge in [0.25, 0.3) is 0 Å². The topological polar surface area (TPSA) is 26.3 Å². The Bertz CT molecular complexity index is 1010. The van der Waals surface area contributed by atoms with Crippen LogP contribution in [0.3, 0.4) is 0 Å². The highest BCUT2D eigenvalue weighted by Gasteiger charge is 2.10. The summed E-state index contributed by atoms with van der Waals surface area (Å²) in [5.74, 6) is 0.913. The molecule has 3 heteroatoms. The standard InChI is InChI=1S/C32H40O2S/c1-4-6-8-10-11-25(3)34-30-21-19-28(20-22-30)27-15-17-29(18-16-27)32(33)35-31-23-13-26(14-24-31)12-9-7-5-2/h13-25H,4-12H2,1-3H3. The maximum absolute atomic E-state index is 12.8. The molecule has 1 unspecified atom stereocenters. The van der Waals surface area contributed by atoms with Gasteiger partial charge in [-0.15, -0.1) is 0 Å². The summed E-state index contributed by atoms with van der Waals surface area (Å²) in [4.78, 5) is 13.8. The molecule has 0 heterocycles. The summed E-state index contributed by atoms with van der Waals surface area (Å²) in [6, 6.07) is 24.6. The van der Waals surface area contributed by atoms with Crippen molar-refractivity contribution in [2.24, 2.45) is 0 Å². The van der Waals surface area contributed by atoms with Crippen molar-refractivity contribution >= 4 is 16.9 Å². The molecule has 3 aromatic carbocycles. The van der Waals surface area contributed by atoms with E-state index in [0.717, 1.165) is 40.2 Å². The molecule has 0 fully saturated rings. The van der Waals surface area contributed by atoms with Crippen LogP contribution in [0.5, 0.6) is 5.75 Å². The van der Waals surface area contributed by atoms with Gasteiger partial charge in [-0.1, -0.05) is 82.3 Å². The third-order valence-electron chi connectivity index (χ3n) is 6.31. The Kier molecular flexibility index (Phi) is 11.4. The molecule has 0 aliphatic rings. The maximum atomic E-state index is 12.8. The number of rotatable bonds is 14. The van der Waals surface area contributed by atoms with E-state index < -0.39 is 0 Å². The van der Waals surface area contributed by atoms with Gasteiger partial charge in [0.2, 0.25) is 5.12 Å². The molecule has 0 saturated carbocycles. The average molecular weight is 489 g/mol. The number of thioether (sulfide) groups is 1. The van der Waals surface area contributed by atoms with Crippen molar-refractivity contribution in [2.75, 3.05) is 0 Å². The molecule has 0 aromatic heterocycles. The van der Waals surface area contributed by atoms with E-state index in [9.17, 15) is 4.79 Å². The van der Waals surface area contributed by atoms with Crippen LogP contribution in [0.1, 0.15) is 88.1 Å². The molecule has 186 valence electrons. The molecular formula is C32H40O2S. The average Bonchev–Trinajstić information content (AvgIpc) is 2.88. The molecule has 3 rings (SSSR count). The van der Waals surface area contributed by atoms with E-state index in [-0.39, 0.29) is 11.2 Å². The summed E-state index contributed by atoms with van der Waals surface area (Å²) >= 11 is 1.30. The van der Waals surface area contributed by atoms with Crippen molar-refractivity contribution in [2.45, 2.75) is 89.6 Å². The summed E-state index contributed by atoms with van der Waals surface area (Å²) in [5.41, 5.74) is 4.29. The molecule has 3 aromatic rings. The second kappa shape index (κ2) is 14.8. The predicted octanol–water partition coefficient (Wildman–Crippen LogP) is 9.76. The van der Waals surface area contributed by atoms with Crippen molar-refractivity contribution < 1.29 is 9.53 Å². The predicted molar refractivity (Wildman–Crippen MR) is 151 cm³/mol. The van der Waals surface area contributed by atoms with E-state index in [0.29, 0.717) is 0 Å². The van der Waals surface area contributed by atoms with E-state index >= 15 is 0 Å². The first-order valence-electron chi connectivity index (χ1n) is 13.3. The smallest absolute Gasteiger partial charge is 0.224 e. The summed E-state index contributed by atoms with van der Waals surface area (Å²) in [6.45, 7) is 6.61. The lowest BCUT2D eigenvalue weighted by Crippen LogP contribution is -2.11. The third kappa shape index (κ3) is 9.22. The zero-order valence-electron chi connectivity index (χ0n) is 21.6. The van der Waals surface area contributed by atoms with Crippen LogP contribution in [-0.4, -0.2) is 11.2 Å². The minimum absolute atomic E-state index is 0.0759. The van der Waals surface area contributed by atoms with Gasteiger partial charge in [-0.2, -0.15) is 0 Å². The number of aryl methyl sites for hydroxylation is 1. The third-order valence-corrected chi connectivity index (χ3v) is 7.24. The Balaban J connectivity index is 1.51. The lowest BCUT2D eigenvalue weighted by molar-refractivity contribution is 0.108. The lowest BCUT2D eigenvalue weighted by atomic mass is 10.0. The fourth-order valence-corrected chi connectivity index (χ4v) is 4.88. The Labute approximate surface area is 216 Å². The van der Waals surface area contributed by atoms with Crippen LogP contribution in [-0.2, 0) is 6.42 Å². The molecule has 2 nitrogen and oxygen atoms in total. The molecule has 0 amide bonds. The zero-order chi connectivity index (χ0) is 24.9. The highest BCUT2D eigenvalue weighted by molar-refractivity contribution is 8.14. The first-order valence-corrected chi connectivity index (χ1v) is 14.1. The van der Waals surface area contributed by atoms with Gasteiger partial charge >= 0.3 is 0 Å². The largest absolute Gasteiger partial charge is 0.491 e. The quantitative estimate of drug-likeness (QED) is 0.167. The van der Waals surface area contributed by atoms with Crippen LogP contribution < -0.4 is 4.74 Å². The van der Waals surface area contributed by atoms with E-state index in [2.05, 4.69) is 57.2 Å². The minimum atomic E-state index is 0.0759. The van der Waals surface area contributed by atoms with Gasteiger partial charge in [0.05, 0.1) is 6.10 Å². The summed E-state index contributed by atoms with van der Waals surface area (Å²) in [6.07, 6.45) is 11.2. The van der Waals surface area contributed by atoms with Gasteiger partial charge in [0.15, 0.2) is 0 Å². The SMILES string of the molecule is CCCCCCC(C)Oc1ccc(-c2ccc(C(=O)Sc3ccc(CCCCC)cc3)cc2)cc1. The molecule has 0 aliphatic heterocycles. The fraction of sp³-hybridized carbons (Fsp3) is 0.406. The van der Waals surface area contributed by atoms with Crippen molar-refractivity contribution in [3.05, 3.63) is 83.9 Å². The van der Waals surface area contributed by atoms with Gasteiger partial charge in [0, 0.05) is 10.5 Å². The second-order valence-corrected chi connectivity index (χ2v) is 10.4. The number of hydrogen-bond acceptors (Lipinski definition) is 3. The Morgan fingerprint density at radius 2 is 1.34 bits per heavy atom. The van der Waals surface area contributed by atoms with Crippen LogP contribution in [0.4, 0.5) is 0 Å². The van der Waals surface area contributed by atoms with E-state index in [1.54, 1.807) is 0 Å². The second-order valence-electron chi connectivity index (χ2n) is 9.37. The zero-order valence-corrected chi connectivity index (χ0v) is 22.4. The number of benzene rings is 3. The van der Waals surface area contributed by atoms with Gasteiger partial charge in [-0.25, -0.2) is 0 Å². The number of carbonyl (C=O) groups excluding carboxylic acids is 1. The van der Waals surface area contributed by atoms with Gasteiger partial charge in [-0.3, -0.25) is 4.79 Å². The first-order chi connectivity index (χ1) is 17.1. The number of ether oxygens (including phenoxy) is 1. The van der Waals surface area contributed by atoms with Crippen molar-refractivity contribution in [1.29, 1.82) is 0 Å². The molecular weight excluding hydrogens is 448 g/mol. The molecule has 1 atom stereocenters. The molecule has 35 heavy (non-hydrogen) atoms. The molecule has 0 N–H and O–H groups in total. The molecule has 0 bridgehead atoms. The van der Waals surface area contributed by atoms with Gasteiger partial charge < -0.3 is 4.74 Å². The highest BCUT2D eigenvalue weighted by atomic mass is 32.2. The molecule has 0 saturated heterocycles. The molecule has 0 radical (unpaired) electrons. The van der Waals surface area contributed by atoms with Crippen molar-refractivity contribution in [3.8, 4) is 16.9 Å². The highest BCUT2D eigenvalue weighted by Crippen LogP contribution is 2.27. The Hall–Kier alpha value is -2.52. The first kappa shape index (κ1) is 27.1. The summed E-state index contributed by atoms with van der Waals surface area (Å²) in [7, 11) is 0. The number of carbonyl (C=O) groups is 1. The molecule has 0 spiro atoms. The Morgan fingerprint density at radius 3 is 1.97 bits per heavy atom.